The van der Waals surface area contributed by atoms with Crippen LogP contribution in [0.3, 0.4) is 0 Å². The van der Waals surface area contributed by atoms with Gasteiger partial charge in [0.25, 0.3) is 0 Å². The zero-order valence-corrected chi connectivity index (χ0v) is 14.6. The van der Waals surface area contributed by atoms with Crippen LogP contribution >= 0.6 is 0 Å². The molecule has 0 aromatic heterocycles. The first-order valence-electron chi connectivity index (χ1n) is 8.32. The van der Waals surface area contributed by atoms with Gasteiger partial charge < -0.3 is 9.84 Å². The van der Waals surface area contributed by atoms with Gasteiger partial charge in [-0.1, -0.05) is 0 Å². The number of carbonyl (C=O) groups is 1. The Hall–Kier alpha value is 0.0600. The summed E-state index contributed by atoms with van der Waals surface area (Å²) in [7, 11) is -6.31. The molecule has 0 aromatic carbocycles. The Morgan fingerprint density at radius 1 is 1.11 bits per heavy atom. The number of alkyl halides is 4. The van der Waals surface area contributed by atoms with Gasteiger partial charge in [-0.2, -0.15) is 26.0 Å². The average molecular weight is 428 g/mol. The van der Waals surface area contributed by atoms with E-state index in [-0.39, 0.29) is 47.8 Å². The maximum atomic E-state index is 13.5. The molecular weight excluding hydrogens is 407 g/mol. The van der Waals surface area contributed by atoms with E-state index in [0.29, 0.717) is 25.7 Å². The molecular formula is C15H21F4NaO6S. The van der Waals surface area contributed by atoms with Gasteiger partial charge in [0.15, 0.2) is 0 Å². The summed E-state index contributed by atoms with van der Waals surface area (Å²) in [4.78, 5) is 12.4. The Bertz CT molecular complexity index is 699. The molecule has 4 aliphatic rings. The van der Waals surface area contributed by atoms with Gasteiger partial charge in [0.2, 0.25) is 0 Å². The van der Waals surface area contributed by atoms with Gasteiger partial charge in [-0.05, 0) is 50.4 Å². The van der Waals surface area contributed by atoms with E-state index < -0.39 is 51.3 Å². The molecule has 27 heavy (non-hydrogen) atoms. The van der Waals surface area contributed by atoms with Crippen LogP contribution in [0, 0.1) is 17.3 Å². The second-order valence-corrected chi connectivity index (χ2v) is 9.51. The van der Waals surface area contributed by atoms with Crippen LogP contribution in [-0.2, 0) is 19.6 Å². The molecule has 2 atom stereocenters. The van der Waals surface area contributed by atoms with Crippen LogP contribution in [0.4, 0.5) is 17.6 Å². The van der Waals surface area contributed by atoms with Gasteiger partial charge in [0.1, 0.15) is 0 Å². The first-order chi connectivity index (χ1) is 11.7. The fourth-order valence-electron chi connectivity index (χ4n) is 5.21. The van der Waals surface area contributed by atoms with Crippen molar-refractivity contribution in [1.29, 1.82) is 0 Å². The first-order valence-corrected chi connectivity index (χ1v) is 9.76. The molecule has 4 saturated carbocycles. The van der Waals surface area contributed by atoms with Crippen LogP contribution in [0.5, 0.6) is 0 Å². The van der Waals surface area contributed by atoms with E-state index in [1.807, 2.05) is 0 Å². The summed E-state index contributed by atoms with van der Waals surface area (Å²) in [5.74, 6) is -5.64. The second-order valence-electron chi connectivity index (χ2n) is 8.05. The summed E-state index contributed by atoms with van der Waals surface area (Å²) in [6.45, 7) is -1.12. The van der Waals surface area contributed by atoms with E-state index in [0.717, 1.165) is 6.42 Å². The van der Waals surface area contributed by atoms with Crippen molar-refractivity contribution >= 4 is 45.6 Å². The molecule has 4 aliphatic carbocycles. The molecule has 2 N–H and O–H groups in total. The predicted octanol–water partition coefficient (Wildman–Crippen LogP) is 1.72. The van der Waals surface area contributed by atoms with Crippen LogP contribution in [-0.4, -0.2) is 77.0 Å². The van der Waals surface area contributed by atoms with Crippen molar-refractivity contribution < 1.29 is 45.2 Å². The molecule has 152 valence electrons. The van der Waals surface area contributed by atoms with E-state index in [4.69, 9.17) is 9.29 Å². The van der Waals surface area contributed by atoms with Gasteiger partial charge in [0.05, 0.1) is 24.0 Å². The molecule has 12 heteroatoms. The average Bonchev–Trinajstić information content (AvgIpc) is 2.42. The number of hydrogen-bond acceptors (Lipinski definition) is 5. The van der Waals surface area contributed by atoms with E-state index in [9.17, 15) is 35.9 Å². The van der Waals surface area contributed by atoms with Crippen molar-refractivity contribution in [3.63, 3.8) is 0 Å². The fraction of sp³-hybridized carbons (Fsp3) is 0.933. The number of hydrogen-bond donors (Lipinski definition) is 2. The zero-order valence-electron chi connectivity index (χ0n) is 13.8. The Labute approximate surface area is 176 Å². The van der Waals surface area contributed by atoms with Gasteiger partial charge >= 0.3 is 56.8 Å². The Kier molecular flexibility index (Phi) is 6.13. The van der Waals surface area contributed by atoms with Crippen LogP contribution in [0.2, 0.25) is 0 Å². The van der Waals surface area contributed by atoms with E-state index in [2.05, 4.69) is 0 Å². The quantitative estimate of drug-likeness (QED) is 0.289. The number of halogens is 4. The summed E-state index contributed by atoms with van der Waals surface area (Å²) in [6, 6.07) is 0. The molecule has 2 unspecified atom stereocenters. The molecule has 6 nitrogen and oxygen atoms in total. The Morgan fingerprint density at radius 3 is 2.07 bits per heavy atom. The van der Waals surface area contributed by atoms with Crippen molar-refractivity contribution in [3.8, 4) is 0 Å². The predicted molar refractivity (Wildman–Crippen MR) is 86.2 cm³/mol. The molecule has 0 aliphatic heterocycles. The normalized spacial score (nSPS) is 35.6. The number of esters is 1. The summed E-state index contributed by atoms with van der Waals surface area (Å²) < 4.78 is 87.1. The standard InChI is InChI=1S/C15H20F4O6S.Na.H/c16-14(17,15(18,19)26(22,23)24)1-2-25-11(20)12-4-9-3-10(5-12)7-13(21,6-9)8-12;;/h9-10,21H,1-8H2,(H,22,23,24);;. The van der Waals surface area contributed by atoms with Crippen LogP contribution < -0.4 is 0 Å². The van der Waals surface area contributed by atoms with Crippen molar-refractivity contribution in [1.82, 2.24) is 0 Å². The monoisotopic (exact) mass is 428 g/mol. The van der Waals surface area contributed by atoms with Crippen molar-refractivity contribution in [2.24, 2.45) is 17.3 Å². The van der Waals surface area contributed by atoms with Crippen molar-refractivity contribution in [2.45, 2.75) is 61.7 Å². The zero-order chi connectivity index (χ0) is 19.6. The number of rotatable bonds is 6. The third kappa shape index (κ3) is 4.05. The van der Waals surface area contributed by atoms with Crippen LogP contribution in [0.1, 0.15) is 44.9 Å². The Balaban J connectivity index is 0.00000261. The Morgan fingerprint density at radius 2 is 1.63 bits per heavy atom. The molecule has 0 radical (unpaired) electrons. The number of ether oxygens (including phenoxy) is 1. The van der Waals surface area contributed by atoms with Crippen molar-refractivity contribution in [2.75, 3.05) is 6.61 Å². The minimum absolute atomic E-state index is 0. The van der Waals surface area contributed by atoms with E-state index in [1.54, 1.807) is 0 Å². The summed E-state index contributed by atoms with van der Waals surface area (Å²) in [5, 5.41) is 4.87. The van der Waals surface area contributed by atoms with Crippen molar-refractivity contribution in [3.05, 3.63) is 0 Å². The van der Waals surface area contributed by atoms with E-state index in [1.165, 1.54) is 0 Å². The molecule has 0 aromatic rings. The van der Waals surface area contributed by atoms with Gasteiger partial charge in [0, 0.05) is 0 Å². The van der Waals surface area contributed by atoms with Crippen LogP contribution in [0.25, 0.3) is 0 Å². The molecule has 4 rings (SSSR count). The number of carbonyl (C=O) groups excluding carboxylic acids is 1. The minimum atomic E-state index is -6.31. The molecule has 0 saturated heterocycles. The molecule has 4 bridgehead atoms. The maximum absolute atomic E-state index is 13.5. The number of aliphatic hydroxyl groups is 1. The van der Waals surface area contributed by atoms with Gasteiger partial charge in [-0.3, -0.25) is 9.35 Å². The van der Waals surface area contributed by atoms with E-state index >= 15 is 0 Å². The second kappa shape index (κ2) is 7.09. The molecule has 0 spiro atoms. The molecule has 0 heterocycles. The van der Waals surface area contributed by atoms with Gasteiger partial charge in [-0.15, -0.1) is 0 Å². The summed E-state index contributed by atoms with van der Waals surface area (Å²) >= 11 is 0. The summed E-state index contributed by atoms with van der Waals surface area (Å²) in [5.41, 5.74) is -1.98. The van der Waals surface area contributed by atoms with Gasteiger partial charge in [-0.25, -0.2) is 0 Å². The molecule has 0 amide bonds. The van der Waals surface area contributed by atoms with Crippen LogP contribution in [0.15, 0.2) is 0 Å². The first kappa shape index (κ1) is 23.3. The fourth-order valence-corrected chi connectivity index (χ4v) is 5.69. The third-order valence-electron chi connectivity index (χ3n) is 5.86. The summed E-state index contributed by atoms with van der Waals surface area (Å²) in [6.07, 6.45) is 1.37. The topological polar surface area (TPSA) is 101 Å². The SMILES string of the molecule is O=C(OCCC(F)(F)C(F)(F)S(=O)(=O)O)C12CC3CC(CC(O)(C3)C1)C2.[NaH]. The molecule has 4 fully saturated rings. The third-order valence-corrected chi connectivity index (χ3v) is 6.81.